The number of hydrogen-bond donors (Lipinski definition) is 2. The third-order valence-corrected chi connectivity index (χ3v) is 3.59. The summed E-state index contributed by atoms with van der Waals surface area (Å²) in [4.78, 5) is 11.7. The Morgan fingerprint density at radius 2 is 1.73 bits per heavy atom. The van der Waals surface area contributed by atoms with Crippen molar-refractivity contribution >= 4 is 28.9 Å². The van der Waals surface area contributed by atoms with Gasteiger partial charge in [0.15, 0.2) is 17.5 Å². The summed E-state index contributed by atoms with van der Waals surface area (Å²) in [5.41, 5.74) is -1.49. The first-order valence-electron chi connectivity index (χ1n) is 7.13. The fourth-order valence-corrected chi connectivity index (χ4v) is 2.23. The highest BCUT2D eigenvalue weighted by Crippen LogP contribution is 2.36. The van der Waals surface area contributed by atoms with Gasteiger partial charge in [-0.2, -0.15) is 13.2 Å². The standard InChI is InChI=1S/C16H11ClF6N2O/c17-10-2-1-8(7-9(10)16(21,22)23)24-6-5-13(26)25-12-4-3-11(18)14(19)15(12)20/h1-4,7,24H,5-6H2,(H,25,26). The Kier molecular flexibility index (Phi) is 6.01. The lowest BCUT2D eigenvalue weighted by atomic mass is 10.2. The van der Waals surface area contributed by atoms with E-state index in [1.54, 1.807) is 0 Å². The molecule has 2 rings (SSSR count). The maximum atomic E-state index is 13.4. The van der Waals surface area contributed by atoms with Crippen LogP contribution in [0.25, 0.3) is 0 Å². The van der Waals surface area contributed by atoms with Gasteiger partial charge in [-0.1, -0.05) is 11.6 Å². The Hall–Kier alpha value is -2.42. The number of amides is 1. The first-order chi connectivity index (χ1) is 12.1. The number of hydrogen-bond acceptors (Lipinski definition) is 2. The lowest BCUT2D eigenvalue weighted by Crippen LogP contribution is -2.17. The third-order valence-electron chi connectivity index (χ3n) is 3.26. The number of alkyl halides is 3. The molecule has 0 bridgehead atoms. The maximum absolute atomic E-state index is 13.4. The number of benzene rings is 2. The average molecular weight is 397 g/mol. The minimum Gasteiger partial charge on any atom is -0.385 e. The normalized spacial score (nSPS) is 11.3. The quantitative estimate of drug-likeness (QED) is 0.537. The first-order valence-corrected chi connectivity index (χ1v) is 7.51. The van der Waals surface area contributed by atoms with Gasteiger partial charge in [0.1, 0.15) is 0 Å². The van der Waals surface area contributed by atoms with Crippen LogP contribution in [-0.4, -0.2) is 12.5 Å². The van der Waals surface area contributed by atoms with E-state index in [1.165, 1.54) is 6.07 Å². The zero-order valence-corrected chi connectivity index (χ0v) is 13.6. The predicted molar refractivity (Wildman–Crippen MR) is 84.5 cm³/mol. The molecule has 3 nitrogen and oxygen atoms in total. The summed E-state index contributed by atoms with van der Waals surface area (Å²) >= 11 is 5.49. The summed E-state index contributed by atoms with van der Waals surface area (Å²) in [5.74, 6) is -5.40. The molecule has 0 saturated carbocycles. The molecule has 26 heavy (non-hydrogen) atoms. The SMILES string of the molecule is O=C(CCNc1ccc(Cl)c(C(F)(F)F)c1)Nc1ccc(F)c(F)c1F. The number of carbonyl (C=O) groups is 1. The van der Waals surface area contributed by atoms with E-state index in [9.17, 15) is 31.1 Å². The Bertz CT molecular complexity index is 825. The van der Waals surface area contributed by atoms with E-state index in [2.05, 4.69) is 5.32 Å². The highest BCUT2D eigenvalue weighted by Gasteiger charge is 2.33. The van der Waals surface area contributed by atoms with Crippen molar-refractivity contribution in [1.29, 1.82) is 0 Å². The monoisotopic (exact) mass is 396 g/mol. The molecule has 0 aromatic heterocycles. The minimum atomic E-state index is -4.63. The summed E-state index contributed by atoms with van der Waals surface area (Å²) in [6.45, 7) is -0.0872. The van der Waals surface area contributed by atoms with Crippen LogP contribution < -0.4 is 10.6 Å². The van der Waals surface area contributed by atoms with E-state index < -0.39 is 45.8 Å². The summed E-state index contributed by atoms with van der Waals surface area (Å²) in [7, 11) is 0. The van der Waals surface area contributed by atoms with Crippen molar-refractivity contribution in [2.24, 2.45) is 0 Å². The van der Waals surface area contributed by atoms with Gasteiger partial charge in [0.2, 0.25) is 5.91 Å². The molecular weight excluding hydrogens is 386 g/mol. The van der Waals surface area contributed by atoms with Crippen molar-refractivity contribution in [2.45, 2.75) is 12.6 Å². The van der Waals surface area contributed by atoms with Crippen LogP contribution in [0, 0.1) is 17.5 Å². The molecule has 0 aliphatic rings. The molecule has 2 aromatic carbocycles. The van der Waals surface area contributed by atoms with Crippen molar-refractivity contribution in [3.63, 3.8) is 0 Å². The molecule has 0 heterocycles. The minimum absolute atomic E-state index is 0.0773. The topological polar surface area (TPSA) is 41.1 Å². The number of halogens is 7. The average Bonchev–Trinajstić information content (AvgIpc) is 2.56. The van der Waals surface area contributed by atoms with Gasteiger partial charge in [0, 0.05) is 18.7 Å². The molecule has 10 heteroatoms. The molecule has 0 fully saturated rings. The molecule has 0 saturated heterocycles. The highest BCUT2D eigenvalue weighted by atomic mass is 35.5. The lowest BCUT2D eigenvalue weighted by Gasteiger charge is -2.12. The van der Waals surface area contributed by atoms with Crippen LogP contribution in [0.3, 0.4) is 0 Å². The van der Waals surface area contributed by atoms with E-state index in [-0.39, 0.29) is 18.7 Å². The van der Waals surface area contributed by atoms with Gasteiger partial charge in [0.05, 0.1) is 16.3 Å². The number of rotatable bonds is 5. The van der Waals surface area contributed by atoms with Crippen molar-refractivity contribution in [3.8, 4) is 0 Å². The number of nitrogens with one attached hydrogen (secondary N) is 2. The number of carbonyl (C=O) groups excluding carboxylic acids is 1. The molecule has 0 aliphatic carbocycles. The molecule has 0 atom stereocenters. The van der Waals surface area contributed by atoms with E-state index >= 15 is 0 Å². The molecule has 0 spiro atoms. The Labute approximate surface area is 149 Å². The molecule has 2 N–H and O–H groups in total. The van der Waals surface area contributed by atoms with Gasteiger partial charge in [0.25, 0.3) is 0 Å². The van der Waals surface area contributed by atoms with Crippen LogP contribution >= 0.6 is 11.6 Å². The van der Waals surface area contributed by atoms with Crippen LogP contribution in [0.2, 0.25) is 5.02 Å². The van der Waals surface area contributed by atoms with Crippen molar-refractivity contribution < 1.29 is 31.1 Å². The summed E-state index contributed by atoms with van der Waals surface area (Å²) in [5, 5.41) is 4.17. The molecule has 0 radical (unpaired) electrons. The van der Waals surface area contributed by atoms with Crippen LogP contribution in [0.5, 0.6) is 0 Å². The second-order valence-electron chi connectivity index (χ2n) is 5.14. The Morgan fingerprint density at radius 1 is 1.04 bits per heavy atom. The highest BCUT2D eigenvalue weighted by molar-refractivity contribution is 6.31. The van der Waals surface area contributed by atoms with E-state index in [0.29, 0.717) is 6.07 Å². The maximum Gasteiger partial charge on any atom is 0.417 e. The summed E-state index contributed by atoms with van der Waals surface area (Å²) < 4.78 is 77.6. The van der Waals surface area contributed by atoms with Crippen LogP contribution in [-0.2, 0) is 11.0 Å². The second kappa shape index (κ2) is 7.86. The van der Waals surface area contributed by atoms with Crippen molar-refractivity contribution in [3.05, 3.63) is 58.4 Å². The fraction of sp³-hybridized carbons (Fsp3) is 0.188. The second-order valence-corrected chi connectivity index (χ2v) is 5.55. The van der Waals surface area contributed by atoms with Crippen molar-refractivity contribution in [2.75, 3.05) is 17.2 Å². The molecular formula is C16H11ClF6N2O. The third kappa shape index (κ3) is 4.81. The molecule has 0 unspecified atom stereocenters. The van der Waals surface area contributed by atoms with Gasteiger partial charge in [-0.15, -0.1) is 0 Å². The summed E-state index contributed by atoms with van der Waals surface area (Å²) in [6.07, 6.45) is -4.89. The van der Waals surface area contributed by atoms with Gasteiger partial charge < -0.3 is 10.6 Å². The zero-order chi connectivity index (χ0) is 19.5. The Balaban J connectivity index is 1.94. The van der Waals surface area contributed by atoms with E-state index in [4.69, 9.17) is 11.6 Å². The molecule has 2 aromatic rings. The molecule has 140 valence electrons. The lowest BCUT2D eigenvalue weighted by molar-refractivity contribution is -0.137. The zero-order valence-electron chi connectivity index (χ0n) is 12.9. The summed E-state index contributed by atoms with van der Waals surface area (Å²) in [6, 6.07) is 4.65. The van der Waals surface area contributed by atoms with Crippen LogP contribution in [0.1, 0.15) is 12.0 Å². The molecule has 1 amide bonds. The fourth-order valence-electron chi connectivity index (χ4n) is 2.01. The largest absolute Gasteiger partial charge is 0.417 e. The predicted octanol–water partition coefficient (Wildman–Crippen LogP) is 5.22. The van der Waals surface area contributed by atoms with Crippen LogP contribution in [0.15, 0.2) is 30.3 Å². The van der Waals surface area contributed by atoms with Gasteiger partial charge in [-0.05, 0) is 30.3 Å². The van der Waals surface area contributed by atoms with Gasteiger partial charge in [-0.25, -0.2) is 13.2 Å². The van der Waals surface area contributed by atoms with Crippen molar-refractivity contribution in [1.82, 2.24) is 0 Å². The van der Waals surface area contributed by atoms with E-state index in [1.807, 2.05) is 5.32 Å². The van der Waals surface area contributed by atoms with Gasteiger partial charge in [-0.3, -0.25) is 4.79 Å². The smallest absolute Gasteiger partial charge is 0.385 e. The molecule has 0 aliphatic heterocycles. The van der Waals surface area contributed by atoms with Gasteiger partial charge >= 0.3 is 6.18 Å². The first kappa shape index (κ1) is 19.9. The van der Waals surface area contributed by atoms with E-state index in [0.717, 1.165) is 18.2 Å². The number of anilines is 2. The Morgan fingerprint density at radius 3 is 2.38 bits per heavy atom. The van der Waals surface area contributed by atoms with Crippen LogP contribution in [0.4, 0.5) is 37.7 Å².